The fourth-order valence-electron chi connectivity index (χ4n) is 2.47. The number of sulfonamides is 1. The van der Waals surface area contributed by atoms with Gasteiger partial charge in [0.25, 0.3) is 15.7 Å². The van der Waals surface area contributed by atoms with Gasteiger partial charge >= 0.3 is 0 Å². The Bertz CT molecular complexity index is 1150. The Kier molecular flexibility index (Phi) is 6.04. The molecule has 0 aliphatic rings. The minimum Gasteiger partial charge on any atom is -0.494 e. The molecule has 7 nitrogen and oxygen atoms in total. The van der Waals surface area contributed by atoms with Gasteiger partial charge in [-0.2, -0.15) is 0 Å². The maximum Gasteiger partial charge on any atom is 0.269 e. The summed E-state index contributed by atoms with van der Waals surface area (Å²) in [7, 11) is -2.70. The minimum absolute atomic E-state index is 0.00901. The molecule has 29 heavy (non-hydrogen) atoms. The van der Waals surface area contributed by atoms with Gasteiger partial charge in [-0.05, 0) is 36.4 Å². The van der Waals surface area contributed by atoms with E-state index in [0.717, 1.165) is 23.9 Å². The smallest absolute Gasteiger partial charge is 0.269 e. The first-order valence-electron chi connectivity index (χ1n) is 8.18. The van der Waals surface area contributed by atoms with Crippen molar-refractivity contribution in [3.8, 4) is 5.75 Å². The highest BCUT2D eigenvalue weighted by molar-refractivity contribution is 8.00. The number of rotatable bonds is 7. The number of ether oxygens (including phenoxy) is 1. The lowest BCUT2D eigenvalue weighted by atomic mass is 10.3. The van der Waals surface area contributed by atoms with E-state index in [1.807, 2.05) is 0 Å². The van der Waals surface area contributed by atoms with Crippen molar-refractivity contribution in [2.75, 3.05) is 11.8 Å². The molecule has 10 heteroatoms. The summed E-state index contributed by atoms with van der Waals surface area (Å²) < 4.78 is 46.7. The van der Waals surface area contributed by atoms with Crippen molar-refractivity contribution in [2.24, 2.45) is 0 Å². The zero-order valence-corrected chi connectivity index (χ0v) is 16.7. The van der Waals surface area contributed by atoms with Crippen LogP contribution in [0.1, 0.15) is 0 Å². The number of benzene rings is 3. The van der Waals surface area contributed by atoms with Crippen LogP contribution in [0.4, 0.5) is 15.8 Å². The average Bonchev–Trinajstić information content (AvgIpc) is 2.70. The van der Waals surface area contributed by atoms with Crippen LogP contribution in [0.15, 0.2) is 81.4 Å². The summed E-state index contributed by atoms with van der Waals surface area (Å²) in [5, 5.41) is 10.8. The summed E-state index contributed by atoms with van der Waals surface area (Å²) in [4.78, 5) is 11.3. The molecule has 0 amide bonds. The Morgan fingerprint density at radius 1 is 1.07 bits per heavy atom. The van der Waals surface area contributed by atoms with E-state index in [-0.39, 0.29) is 22.0 Å². The molecule has 3 aromatic carbocycles. The van der Waals surface area contributed by atoms with Crippen LogP contribution < -0.4 is 9.46 Å². The highest BCUT2D eigenvalue weighted by Crippen LogP contribution is 2.35. The number of nitro groups is 1. The number of non-ortho nitro benzene ring substituents is 1. The Labute approximate surface area is 170 Å². The van der Waals surface area contributed by atoms with Gasteiger partial charge in [-0.25, -0.2) is 12.8 Å². The van der Waals surface area contributed by atoms with Crippen molar-refractivity contribution in [1.82, 2.24) is 0 Å². The van der Waals surface area contributed by atoms with Gasteiger partial charge in [0, 0.05) is 28.0 Å². The topological polar surface area (TPSA) is 98.5 Å². The number of anilines is 1. The zero-order chi connectivity index (χ0) is 21.0. The number of hydrogen-bond donors (Lipinski definition) is 1. The molecular weight excluding hydrogens is 419 g/mol. The highest BCUT2D eigenvalue weighted by Gasteiger charge is 2.21. The zero-order valence-electron chi connectivity index (χ0n) is 15.0. The molecule has 0 bridgehead atoms. The van der Waals surface area contributed by atoms with Crippen LogP contribution in [0, 0.1) is 15.9 Å². The lowest BCUT2D eigenvalue weighted by molar-refractivity contribution is -0.384. The highest BCUT2D eigenvalue weighted by atomic mass is 32.2. The van der Waals surface area contributed by atoms with Gasteiger partial charge in [0.05, 0.1) is 17.7 Å². The number of hydrogen-bond acceptors (Lipinski definition) is 6. The third-order valence-electron chi connectivity index (χ3n) is 3.82. The van der Waals surface area contributed by atoms with E-state index in [1.165, 1.54) is 31.4 Å². The van der Waals surface area contributed by atoms with Crippen LogP contribution in [0.2, 0.25) is 0 Å². The maximum atomic E-state index is 13.4. The summed E-state index contributed by atoms with van der Waals surface area (Å²) in [6.45, 7) is 0. The normalized spacial score (nSPS) is 11.1. The van der Waals surface area contributed by atoms with E-state index in [2.05, 4.69) is 4.72 Å². The maximum absolute atomic E-state index is 13.4. The molecule has 0 unspecified atom stereocenters. The van der Waals surface area contributed by atoms with E-state index < -0.39 is 20.8 Å². The van der Waals surface area contributed by atoms with Crippen LogP contribution in [-0.2, 0) is 10.0 Å². The van der Waals surface area contributed by atoms with Crippen molar-refractivity contribution >= 4 is 33.2 Å². The van der Waals surface area contributed by atoms with Crippen LogP contribution in [-0.4, -0.2) is 20.5 Å². The first-order valence-corrected chi connectivity index (χ1v) is 10.5. The fraction of sp³-hybridized carbons (Fsp3) is 0.0526. The molecule has 0 fully saturated rings. The third kappa shape index (κ3) is 4.84. The quantitative estimate of drug-likeness (QED) is 0.428. The van der Waals surface area contributed by atoms with Crippen molar-refractivity contribution in [1.29, 1.82) is 0 Å². The SMILES string of the molecule is COc1cc(F)ccc1NS(=O)(=O)c1ccccc1Sc1ccc([N+](=O)[O-])cc1. The van der Waals surface area contributed by atoms with Gasteiger partial charge < -0.3 is 4.74 Å². The first-order chi connectivity index (χ1) is 13.8. The van der Waals surface area contributed by atoms with Crippen LogP contribution in [0.5, 0.6) is 5.75 Å². The summed E-state index contributed by atoms with van der Waals surface area (Å²) >= 11 is 1.15. The minimum atomic E-state index is -4.01. The number of nitrogens with zero attached hydrogens (tertiary/aromatic N) is 1. The Morgan fingerprint density at radius 2 is 1.76 bits per heavy atom. The molecule has 0 saturated carbocycles. The molecule has 0 spiro atoms. The van der Waals surface area contributed by atoms with E-state index >= 15 is 0 Å². The van der Waals surface area contributed by atoms with E-state index in [4.69, 9.17) is 4.74 Å². The second-order valence-corrected chi connectivity index (χ2v) is 8.52. The second-order valence-electron chi connectivity index (χ2n) is 5.75. The number of nitro benzene ring substituents is 1. The Balaban J connectivity index is 1.92. The van der Waals surface area contributed by atoms with Gasteiger partial charge in [-0.1, -0.05) is 23.9 Å². The largest absolute Gasteiger partial charge is 0.494 e. The van der Waals surface area contributed by atoms with Gasteiger partial charge in [-0.3, -0.25) is 14.8 Å². The van der Waals surface area contributed by atoms with Crippen LogP contribution >= 0.6 is 11.8 Å². The van der Waals surface area contributed by atoms with E-state index in [1.54, 1.807) is 30.3 Å². The monoisotopic (exact) mass is 434 g/mol. The van der Waals surface area contributed by atoms with Gasteiger partial charge in [-0.15, -0.1) is 0 Å². The second kappa shape index (κ2) is 8.50. The van der Waals surface area contributed by atoms with Gasteiger partial charge in [0.2, 0.25) is 0 Å². The molecule has 0 saturated heterocycles. The molecule has 1 N–H and O–H groups in total. The van der Waals surface area contributed by atoms with E-state index in [9.17, 15) is 22.9 Å². The average molecular weight is 434 g/mol. The summed E-state index contributed by atoms with van der Waals surface area (Å²) in [6, 6.07) is 15.6. The molecule has 0 atom stereocenters. The predicted octanol–water partition coefficient (Wildman–Crippen LogP) is 4.69. The van der Waals surface area contributed by atoms with E-state index in [0.29, 0.717) is 9.79 Å². The van der Waals surface area contributed by atoms with Crippen LogP contribution in [0.25, 0.3) is 0 Å². The summed E-state index contributed by atoms with van der Waals surface area (Å²) in [6.07, 6.45) is 0. The standard InChI is InChI=1S/C19H15FN2O5S2/c1-27-17-12-13(20)6-11-16(17)21-29(25,26)19-5-3-2-4-18(19)28-15-9-7-14(8-10-15)22(23)24/h2-12,21H,1H3. The lowest BCUT2D eigenvalue weighted by Gasteiger charge is -2.14. The third-order valence-corrected chi connectivity index (χ3v) is 6.46. The van der Waals surface area contributed by atoms with Crippen molar-refractivity contribution in [3.63, 3.8) is 0 Å². The molecule has 0 aliphatic carbocycles. The Hall–Kier alpha value is -3.11. The molecule has 0 aliphatic heterocycles. The van der Waals surface area contributed by atoms with Crippen LogP contribution in [0.3, 0.4) is 0 Å². The van der Waals surface area contributed by atoms with Gasteiger partial charge in [0.15, 0.2) is 0 Å². The first kappa shape index (κ1) is 20.6. The molecule has 0 heterocycles. The van der Waals surface area contributed by atoms with Crippen molar-refractivity contribution < 1.29 is 22.5 Å². The summed E-state index contributed by atoms with van der Waals surface area (Å²) in [5.41, 5.74) is 0.0457. The predicted molar refractivity (Wildman–Crippen MR) is 107 cm³/mol. The molecular formula is C19H15FN2O5S2. The number of halogens is 1. The fourth-order valence-corrected chi connectivity index (χ4v) is 4.92. The molecule has 150 valence electrons. The molecule has 3 rings (SSSR count). The molecule has 0 radical (unpaired) electrons. The van der Waals surface area contributed by atoms with Crippen molar-refractivity contribution in [3.05, 3.63) is 82.7 Å². The molecule has 3 aromatic rings. The Morgan fingerprint density at radius 3 is 2.41 bits per heavy atom. The molecule has 0 aromatic heterocycles. The summed E-state index contributed by atoms with van der Waals surface area (Å²) in [5.74, 6) is -0.506. The number of nitrogens with one attached hydrogen (secondary N) is 1. The van der Waals surface area contributed by atoms with Gasteiger partial charge in [0.1, 0.15) is 16.5 Å². The lowest BCUT2D eigenvalue weighted by Crippen LogP contribution is -2.14. The number of methoxy groups -OCH3 is 1. The van der Waals surface area contributed by atoms with Crippen molar-refractivity contribution in [2.45, 2.75) is 14.7 Å².